The molecular weight excluding hydrogens is 200 g/mol. The Balaban J connectivity index is 2.07. The van der Waals surface area contributed by atoms with E-state index in [0.29, 0.717) is 12.1 Å². The molecular formula is C12H22N4. The van der Waals surface area contributed by atoms with Crippen LogP contribution in [0.4, 0.5) is 0 Å². The molecule has 1 aliphatic rings. The third kappa shape index (κ3) is 2.28. The van der Waals surface area contributed by atoms with Crippen molar-refractivity contribution in [1.29, 1.82) is 0 Å². The minimum absolute atomic E-state index is 0.601. The summed E-state index contributed by atoms with van der Waals surface area (Å²) in [5.74, 6) is 0. The first-order valence-electron chi connectivity index (χ1n) is 6.17. The van der Waals surface area contributed by atoms with Crippen molar-refractivity contribution in [3.8, 4) is 0 Å². The zero-order valence-corrected chi connectivity index (χ0v) is 10.5. The summed E-state index contributed by atoms with van der Waals surface area (Å²) in [6.45, 7) is 10.9. The van der Waals surface area contributed by atoms with Crippen molar-refractivity contribution in [1.82, 2.24) is 19.8 Å². The van der Waals surface area contributed by atoms with Gasteiger partial charge in [0, 0.05) is 44.5 Å². The lowest BCUT2D eigenvalue weighted by Gasteiger charge is -2.39. The molecule has 0 bridgehead atoms. The second-order valence-corrected chi connectivity index (χ2v) is 4.70. The number of imidazole rings is 1. The van der Waals surface area contributed by atoms with Gasteiger partial charge in [-0.1, -0.05) is 0 Å². The summed E-state index contributed by atoms with van der Waals surface area (Å²) in [6.07, 6.45) is 3.91. The molecule has 0 spiro atoms. The lowest BCUT2D eigenvalue weighted by Crippen LogP contribution is -2.54. The Labute approximate surface area is 97.7 Å². The van der Waals surface area contributed by atoms with Crippen molar-refractivity contribution >= 4 is 0 Å². The number of rotatable bonds is 3. The highest BCUT2D eigenvalue weighted by molar-refractivity contribution is 5.00. The van der Waals surface area contributed by atoms with Crippen LogP contribution in [0, 0.1) is 0 Å². The van der Waals surface area contributed by atoms with Gasteiger partial charge in [-0.25, -0.2) is 4.98 Å². The molecule has 0 aromatic carbocycles. The molecule has 2 unspecified atom stereocenters. The van der Waals surface area contributed by atoms with Crippen LogP contribution in [-0.4, -0.2) is 39.6 Å². The van der Waals surface area contributed by atoms with Gasteiger partial charge in [0.25, 0.3) is 0 Å². The van der Waals surface area contributed by atoms with Crippen molar-refractivity contribution in [2.24, 2.45) is 0 Å². The van der Waals surface area contributed by atoms with E-state index < -0.39 is 0 Å². The fourth-order valence-electron chi connectivity index (χ4n) is 2.43. The Morgan fingerprint density at radius 1 is 1.38 bits per heavy atom. The summed E-state index contributed by atoms with van der Waals surface area (Å²) in [4.78, 5) is 6.78. The van der Waals surface area contributed by atoms with E-state index in [1.165, 1.54) is 5.69 Å². The van der Waals surface area contributed by atoms with Crippen molar-refractivity contribution in [2.75, 3.05) is 13.1 Å². The monoisotopic (exact) mass is 222 g/mol. The van der Waals surface area contributed by atoms with Crippen LogP contribution in [-0.2, 0) is 13.1 Å². The van der Waals surface area contributed by atoms with Gasteiger partial charge in [0.2, 0.25) is 0 Å². The molecule has 1 aromatic heterocycles. The summed E-state index contributed by atoms with van der Waals surface area (Å²) < 4.78 is 2.22. The maximum absolute atomic E-state index is 4.23. The van der Waals surface area contributed by atoms with E-state index in [0.717, 1.165) is 26.2 Å². The van der Waals surface area contributed by atoms with E-state index in [4.69, 9.17) is 0 Å². The van der Waals surface area contributed by atoms with Crippen LogP contribution in [0.15, 0.2) is 12.5 Å². The average molecular weight is 222 g/mol. The molecule has 4 heteroatoms. The van der Waals surface area contributed by atoms with Gasteiger partial charge >= 0.3 is 0 Å². The average Bonchev–Trinajstić information content (AvgIpc) is 2.71. The molecule has 1 N–H and O–H groups in total. The van der Waals surface area contributed by atoms with Gasteiger partial charge in [-0.2, -0.15) is 0 Å². The van der Waals surface area contributed by atoms with Gasteiger partial charge in [-0.15, -0.1) is 0 Å². The summed E-state index contributed by atoms with van der Waals surface area (Å²) in [5, 5.41) is 3.46. The van der Waals surface area contributed by atoms with Gasteiger partial charge in [-0.3, -0.25) is 4.90 Å². The fourth-order valence-corrected chi connectivity index (χ4v) is 2.43. The molecule has 4 nitrogen and oxygen atoms in total. The highest BCUT2D eigenvalue weighted by Crippen LogP contribution is 2.14. The van der Waals surface area contributed by atoms with Gasteiger partial charge in [0.1, 0.15) is 0 Å². The number of hydrogen-bond donors (Lipinski definition) is 1. The first-order chi connectivity index (χ1) is 7.72. The van der Waals surface area contributed by atoms with Gasteiger partial charge in [0.05, 0.1) is 12.0 Å². The van der Waals surface area contributed by atoms with Crippen molar-refractivity contribution in [3.63, 3.8) is 0 Å². The normalized spacial score (nSPS) is 27.2. The lowest BCUT2D eigenvalue weighted by molar-refractivity contribution is 0.106. The predicted octanol–water partition coefficient (Wildman–Crippen LogP) is 1.09. The van der Waals surface area contributed by atoms with Gasteiger partial charge < -0.3 is 9.88 Å². The van der Waals surface area contributed by atoms with E-state index in [1.807, 2.05) is 12.5 Å². The lowest BCUT2D eigenvalue weighted by atomic mass is 10.1. The van der Waals surface area contributed by atoms with Crippen LogP contribution in [0.5, 0.6) is 0 Å². The van der Waals surface area contributed by atoms with Crippen LogP contribution in [0.1, 0.15) is 26.5 Å². The minimum Gasteiger partial charge on any atom is -0.334 e. The number of nitrogens with zero attached hydrogens (tertiary/aromatic N) is 3. The van der Waals surface area contributed by atoms with E-state index in [9.17, 15) is 0 Å². The molecule has 0 radical (unpaired) electrons. The van der Waals surface area contributed by atoms with Crippen LogP contribution in [0.3, 0.4) is 0 Å². The third-order valence-corrected chi connectivity index (χ3v) is 3.50. The largest absolute Gasteiger partial charge is 0.334 e. The smallest absolute Gasteiger partial charge is 0.0948 e. The van der Waals surface area contributed by atoms with Crippen molar-refractivity contribution in [2.45, 2.75) is 45.9 Å². The van der Waals surface area contributed by atoms with Crippen LogP contribution in [0.25, 0.3) is 0 Å². The van der Waals surface area contributed by atoms with E-state index in [1.54, 1.807) is 0 Å². The van der Waals surface area contributed by atoms with Crippen LogP contribution in [0.2, 0.25) is 0 Å². The fraction of sp³-hybridized carbons (Fsp3) is 0.750. The zero-order chi connectivity index (χ0) is 11.5. The van der Waals surface area contributed by atoms with E-state index >= 15 is 0 Å². The highest BCUT2D eigenvalue weighted by Gasteiger charge is 2.24. The topological polar surface area (TPSA) is 33.1 Å². The van der Waals surface area contributed by atoms with Crippen molar-refractivity contribution < 1.29 is 0 Å². The molecule has 1 aliphatic heterocycles. The molecule has 1 saturated heterocycles. The Morgan fingerprint density at radius 3 is 2.69 bits per heavy atom. The summed E-state index contributed by atoms with van der Waals surface area (Å²) >= 11 is 0. The maximum atomic E-state index is 4.23. The SMILES string of the molecule is CCn1cncc1CN1C(C)CNCC1C. The van der Waals surface area contributed by atoms with Gasteiger partial charge in [0.15, 0.2) is 0 Å². The van der Waals surface area contributed by atoms with Crippen LogP contribution < -0.4 is 5.32 Å². The Morgan fingerprint density at radius 2 is 2.06 bits per heavy atom. The minimum atomic E-state index is 0.601. The second-order valence-electron chi connectivity index (χ2n) is 4.70. The molecule has 1 fully saturated rings. The summed E-state index contributed by atoms with van der Waals surface area (Å²) in [5.41, 5.74) is 1.32. The molecule has 2 atom stereocenters. The quantitative estimate of drug-likeness (QED) is 0.831. The Hall–Kier alpha value is -0.870. The first kappa shape index (κ1) is 11.6. The van der Waals surface area contributed by atoms with Crippen molar-refractivity contribution in [3.05, 3.63) is 18.2 Å². The number of hydrogen-bond acceptors (Lipinski definition) is 3. The maximum Gasteiger partial charge on any atom is 0.0948 e. The van der Waals surface area contributed by atoms with E-state index in [-0.39, 0.29) is 0 Å². The molecule has 2 rings (SSSR count). The second kappa shape index (κ2) is 4.97. The molecule has 90 valence electrons. The third-order valence-electron chi connectivity index (χ3n) is 3.50. The molecule has 1 aromatic rings. The number of aryl methyl sites for hydroxylation is 1. The molecule has 0 aliphatic carbocycles. The predicted molar refractivity (Wildman–Crippen MR) is 65.2 cm³/mol. The Bertz CT molecular complexity index is 324. The molecule has 2 heterocycles. The highest BCUT2D eigenvalue weighted by atomic mass is 15.3. The van der Waals surface area contributed by atoms with Crippen LogP contribution >= 0.6 is 0 Å². The first-order valence-corrected chi connectivity index (χ1v) is 6.17. The molecule has 0 amide bonds. The van der Waals surface area contributed by atoms with E-state index in [2.05, 4.69) is 40.5 Å². The van der Waals surface area contributed by atoms with Gasteiger partial charge in [-0.05, 0) is 20.8 Å². The standard InChI is InChI=1S/C12H22N4/c1-4-15-9-14-7-12(15)8-16-10(2)5-13-6-11(16)3/h7,9-11,13H,4-6,8H2,1-3H3. The summed E-state index contributed by atoms with van der Waals surface area (Å²) in [7, 11) is 0. The molecule has 0 saturated carbocycles. The molecule has 16 heavy (non-hydrogen) atoms. The number of piperazine rings is 1. The number of nitrogens with one attached hydrogen (secondary N) is 1. The number of aromatic nitrogens is 2. The summed E-state index contributed by atoms with van der Waals surface area (Å²) in [6, 6.07) is 1.20. The Kier molecular flexibility index (Phi) is 3.61. The zero-order valence-electron chi connectivity index (χ0n) is 10.5.